The van der Waals surface area contributed by atoms with E-state index in [0.717, 1.165) is 6.92 Å². The van der Waals surface area contributed by atoms with Gasteiger partial charge in [0.15, 0.2) is 6.17 Å². The molecule has 9 nitrogen and oxygen atoms in total. The van der Waals surface area contributed by atoms with E-state index in [9.17, 15) is 29.3 Å². The third kappa shape index (κ3) is 3.66. The molecule has 1 heterocycles. The summed E-state index contributed by atoms with van der Waals surface area (Å²) in [7, 11) is 0. The van der Waals surface area contributed by atoms with Crippen molar-refractivity contribution < 1.29 is 44.2 Å². The molecule has 1 saturated heterocycles. The zero-order valence-corrected chi connectivity index (χ0v) is 11.1. The highest BCUT2D eigenvalue weighted by molar-refractivity contribution is 5.77. The largest absolute Gasteiger partial charge is 0.477 e. The summed E-state index contributed by atoms with van der Waals surface area (Å²) in [6.45, 7) is 0.380. The average Bonchev–Trinajstić information content (AvgIpc) is 2.40. The summed E-state index contributed by atoms with van der Waals surface area (Å²) < 4.78 is 18.6. The molecule has 0 bridgehead atoms. The molecule has 1 aliphatic rings. The molecule has 1 amide bonds. The molecule has 122 valence electrons. The molecule has 6 atom stereocenters. The van der Waals surface area contributed by atoms with Gasteiger partial charge in [-0.25, -0.2) is 9.18 Å². The van der Waals surface area contributed by atoms with Crippen LogP contribution in [0.1, 0.15) is 13.3 Å². The molecule has 21 heavy (non-hydrogen) atoms. The van der Waals surface area contributed by atoms with E-state index in [0.29, 0.717) is 0 Å². The Bertz CT molecular complexity index is 408. The van der Waals surface area contributed by atoms with Gasteiger partial charge in [-0.05, 0) is 0 Å². The lowest BCUT2D eigenvalue weighted by molar-refractivity contribution is -0.307. The molecular formula is C11H18FNO8. The molecule has 1 rings (SSSR count). The first-order valence-electron chi connectivity index (χ1n) is 6.15. The highest BCUT2D eigenvalue weighted by Gasteiger charge is 2.59. The molecule has 0 aliphatic carbocycles. The Labute approximate surface area is 119 Å². The monoisotopic (exact) mass is 311 g/mol. The van der Waals surface area contributed by atoms with E-state index in [1.54, 1.807) is 0 Å². The molecule has 10 heteroatoms. The second kappa shape index (κ2) is 6.62. The van der Waals surface area contributed by atoms with Crippen molar-refractivity contribution in [2.75, 3.05) is 6.61 Å². The minimum absolute atomic E-state index is 0.430. The number of halogens is 1. The number of aliphatic hydroxyl groups excluding tert-OH is 3. The maximum Gasteiger partial charge on any atom is 0.367 e. The number of alkyl halides is 1. The molecule has 0 radical (unpaired) electrons. The van der Waals surface area contributed by atoms with Crippen LogP contribution >= 0.6 is 0 Å². The standard InChI is InChI=1S/C11H18FNO8/c1-4(15)13-7-6(2-5(16)3-14)21-11(20,10(18)19)9(12)8(7)17/h5-9,14,16-17,20H,2-3H2,1H3,(H,13,15)(H,18,19)/t5-,6-,7-,8+,9+,11-/m0/s1. The molecule has 0 unspecified atom stereocenters. The van der Waals surface area contributed by atoms with Gasteiger partial charge in [0.05, 0.1) is 24.9 Å². The number of nitrogens with one attached hydrogen (secondary N) is 1. The highest BCUT2D eigenvalue weighted by Crippen LogP contribution is 2.32. The van der Waals surface area contributed by atoms with Gasteiger partial charge in [-0.2, -0.15) is 0 Å². The number of amides is 1. The number of ether oxygens (including phenoxy) is 1. The first kappa shape index (κ1) is 17.7. The van der Waals surface area contributed by atoms with Crippen molar-refractivity contribution >= 4 is 11.9 Å². The van der Waals surface area contributed by atoms with Gasteiger partial charge in [0.1, 0.15) is 6.10 Å². The SMILES string of the molecule is CC(=O)N[C@@H]1[C@@H](O)[C@@H](F)[C@@](O)(C(=O)O)O[C@H]1C[C@H](O)CO. The van der Waals surface area contributed by atoms with Crippen molar-refractivity contribution in [2.45, 2.75) is 49.7 Å². The van der Waals surface area contributed by atoms with Gasteiger partial charge in [-0.1, -0.05) is 0 Å². The number of carbonyl (C=O) groups is 2. The Balaban J connectivity index is 3.06. The van der Waals surface area contributed by atoms with Crippen molar-refractivity contribution in [3.05, 3.63) is 0 Å². The van der Waals surface area contributed by atoms with Crippen LogP contribution in [0, 0.1) is 0 Å². The van der Waals surface area contributed by atoms with E-state index in [1.807, 2.05) is 0 Å². The Morgan fingerprint density at radius 2 is 2.05 bits per heavy atom. The summed E-state index contributed by atoms with van der Waals surface area (Å²) in [4.78, 5) is 22.0. The molecule has 0 saturated carbocycles. The van der Waals surface area contributed by atoms with Crippen LogP contribution in [0.4, 0.5) is 4.39 Å². The fourth-order valence-corrected chi connectivity index (χ4v) is 2.12. The van der Waals surface area contributed by atoms with Crippen LogP contribution in [0.15, 0.2) is 0 Å². The summed E-state index contributed by atoms with van der Waals surface area (Å²) in [6, 6.07) is -1.39. The maximum absolute atomic E-state index is 13.9. The number of carboxylic acid groups (broad SMARTS) is 1. The normalized spacial score (nSPS) is 37.8. The summed E-state index contributed by atoms with van der Waals surface area (Å²) in [5, 5.41) is 48.6. The molecule has 0 spiro atoms. The van der Waals surface area contributed by atoms with Gasteiger partial charge >= 0.3 is 11.8 Å². The molecular weight excluding hydrogens is 293 g/mol. The molecule has 1 aliphatic heterocycles. The maximum atomic E-state index is 13.9. The third-order valence-corrected chi connectivity index (χ3v) is 3.16. The Morgan fingerprint density at radius 3 is 2.48 bits per heavy atom. The van der Waals surface area contributed by atoms with Crippen molar-refractivity contribution in [3.8, 4) is 0 Å². The van der Waals surface area contributed by atoms with E-state index in [-0.39, 0.29) is 0 Å². The van der Waals surface area contributed by atoms with Crippen LogP contribution in [0.25, 0.3) is 0 Å². The molecule has 0 aromatic rings. The van der Waals surface area contributed by atoms with Crippen LogP contribution in [-0.4, -0.2) is 80.3 Å². The number of aliphatic hydroxyl groups is 4. The summed E-state index contributed by atoms with van der Waals surface area (Å²) >= 11 is 0. The minimum atomic E-state index is -3.31. The van der Waals surface area contributed by atoms with Crippen LogP contribution in [0.3, 0.4) is 0 Å². The Hall–Kier alpha value is -1.33. The smallest absolute Gasteiger partial charge is 0.367 e. The van der Waals surface area contributed by atoms with Gasteiger partial charge in [0.25, 0.3) is 0 Å². The number of rotatable bonds is 5. The number of hydrogen-bond donors (Lipinski definition) is 6. The van der Waals surface area contributed by atoms with Gasteiger partial charge in [-0.15, -0.1) is 0 Å². The van der Waals surface area contributed by atoms with Crippen molar-refractivity contribution in [2.24, 2.45) is 0 Å². The molecule has 0 aromatic heterocycles. The number of carboxylic acids is 1. The zero-order chi connectivity index (χ0) is 16.4. The Kier molecular flexibility index (Phi) is 5.59. The third-order valence-electron chi connectivity index (χ3n) is 3.16. The van der Waals surface area contributed by atoms with Gasteiger partial charge in [-0.3, -0.25) is 4.79 Å². The lowest BCUT2D eigenvalue weighted by Gasteiger charge is -2.44. The average molecular weight is 311 g/mol. The summed E-state index contributed by atoms with van der Waals surface area (Å²) in [5.41, 5.74) is 0. The first-order valence-corrected chi connectivity index (χ1v) is 6.15. The van der Waals surface area contributed by atoms with E-state index in [2.05, 4.69) is 5.32 Å². The van der Waals surface area contributed by atoms with E-state index >= 15 is 0 Å². The van der Waals surface area contributed by atoms with Crippen LogP contribution < -0.4 is 5.32 Å². The van der Waals surface area contributed by atoms with Crippen LogP contribution in [0.5, 0.6) is 0 Å². The van der Waals surface area contributed by atoms with Crippen molar-refractivity contribution in [1.82, 2.24) is 5.32 Å². The second-order valence-electron chi connectivity index (χ2n) is 4.85. The predicted molar refractivity (Wildman–Crippen MR) is 63.7 cm³/mol. The molecule has 1 fully saturated rings. The van der Waals surface area contributed by atoms with Crippen LogP contribution in [-0.2, 0) is 14.3 Å². The van der Waals surface area contributed by atoms with Gasteiger partial charge < -0.3 is 35.6 Å². The summed E-state index contributed by atoms with van der Waals surface area (Å²) in [6.07, 6.45) is -8.00. The second-order valence-corrected chi connectivity index (χ2v) is 4.85. The number of hydrogen-bond acceptors (Lipinski definition) is 7. The fraction of sp³-hybridized carbons (Fsp3) is 0.818. The van der Waals surface area contributed by atoms with E-state index in [4.69, 9.17) is 14.9 Å². The molecule has 0 aromatic carbocycles. The number of aliphatic carboxylic acids is 1. The van der Waals surface area contributed by atoms with Crippen molar-refractivity contribution in [1.29, 1.82) is 0 Å². The first-order chi connectivity index (χ1) is 9.63. The number of carbonyl (C=O) groups excluding carboxylic acids is 1. The van der Waals surface area contributed by atoms with Gasteiger partial charge in [0.2, 0.25) is 5.91 Å². The topological polar surface area (TPSA) is 157 Å². The minimum Gasteiger partial charge on any atom is -0.477 e. The highest BCUT2D eigenvalue weighted by atomic mass is 19.1. The lowest BCUT2D eigenvalue weighted by atomic mass is 9.88. The van der Waals surface area contributed by atoms with Crippen LogP contribution in [0.2, 0.25) is 0 Å². The fourth-order valence-electron chi connectivity index (χ4n) is 2.12. The van der Waals surface area contributed by atoms with Crippen molar-refractivity contribution in [3.63, 3.8) is 0 Å². The zero-order valence-electron chi connectivity index (χ0n) is 11.1. The lowest BCUT2D eigenvalue weighted by Crippen LogP contribution is -2.69. The quantitative estimate of drug-likeness (QED) is 0.316. The summed E-state index contributed by atoms with van der Waals surface area (Å²) in [5.74, 6) is -6.02. The van der Waals surface area contributed by atoms with E-state index < -0.39 is 61.2 Å². The predicted octanol–water partition coefficient (Wildman–Crippen LogP) is -2.89. The van der Waals surface area contributed by atoms with Gasteiger partial charge in [0, 0.05) is 13.3 Å². The van der Waals surface area contributed by atoms with E-state index in [1.165, 1.54) is 0 Å². The molecule has 6 N–H and O–H groups in total. The Morgan fingerprint density at radius 1 is 1.48 bits per heavy atom.